The molecule has 1 aromatic heterocycles. The Bertz CT molecular complexity index is 388. The fraction of sp³-hybridized carbons (Fsp3) is 0.714. The van der Waals surface area contributed by atoms with Crippen molar-refractivity contribution in [3.05, 3.63) is 17.1 Å². The number of nitrogens with one attached hydrogen (secondary N) is 1. The second-order valence-electron chi connectivity index (χ2n) is 5.12. The number of likely N-dealkylation sites (N-methyl/N-ethyl adjacent to an activating group) is 1. The highest BCUT2D eigenvalue weighted by Gasteiger charge is 2.12. The molecule has 0 spiro atoms. The summed E-state index contributed by atoms with van der Waals surface area (Å²) in [5, 5.41) is 3.47. The smallest absolute Gasteiger partial charge is 0.132 e. The Hall–Kier alpha value is -1.16. The second-order valence-corrected chi connectivity index (χ2v) is 5.12. The second kappa shape index (κ2) is 6.69. The summed E-state index contributed by atoms with van der Waals surface area (Å²) in [6, 6.07) is 0.546. The van der Waals surface area contributed by atoms with E-state index in [2.05, 4.69) is 48.1 Å². The summed E-state index contributed by atoms with van der Waals surface area (Å²) in [6.45, 7) is 9.19. The zero-order valence-electron chi connectivity index (χ0n) is 12.5. The molecule has 18 heavy (non-hydrogen) atoms. The van der Waals surface area contributed by atoms with E-state index in [1.165, 1.54) is 12.8 Å². The van der Waals surface area contributed by atoms with Crippen LogP contribution in [0.15, 0.2) is 0 Å². The third kappa shape index (κ3) is 3.95. The Morgan fingerprint density at radius 3 is 2.39 bits per heavy atom. The van der Waals surface area contributed by atoms with Crippen molar-refractivity contribution in [2.24, 2.45) is 0 Å². The molecule has 0 aliphatic rings. The molecule has 1 heterocycles. The molecule has 0 saturated heterocycles. The molecule has 1 unspecified atom stereocenters. The summed E-state index contributed by atoms with van der Waals surface area (Å²) in [6.07, 6.45) is 2.40. The quantitative estimate of drug-likeness (QED) is 0.842. The zero-order chi connectivity index (χ0) is 13.7. The summed E-state index contributed by atoms with van der Waals surface area (Å²) in [4.78, 5) is 11.1. The van der Waals surface area contributed by atoms with Crippen LogP contribution in [-0.2, 0) is 0 Å². The van der Waals surface area contributed by atoms with Crippen LogP contribution in [0.2, 0.25) is 0 Å². The van der Waals surface area contributed by atoms with Crippen LogP contribution in [0.4, 0.5) is 5.82 Å². The van der Waals surface area contributed by atoms with Gasteiger partial charge < -0.3 is 10.2 Å². The highest BCUT2D eigenvalue weighted by molar-refractivity contribution is 5.45. The molecular weight excluding hydrogens is 224 g/mol. The minimum absolute atomic E-state index is 0.546. The van der Waals surface area contributed by atoms with Crippen molar-refractivity contribution >= 4 is 5.82 Å². The number of rotatable bonds is 6. The van der Waals surface area contributed by atoms with E-state index in [9.17, 15) is 0 Å². The monoisotopic (exact) mass is 250 g/mol. The third-order valence-corrected chi connectivity index (χ3v) is 3.36. The molecule has 1 N–H and O–H groups in total. The van der Waals surface area contributed by atoms with Crippen LogP contribution in [-0.4, -0.2) is 41.5 Å². The van der Waals surface area contributed by atoms with Crippen molar-refractivity contribution in [3.8, 4) is 0 Å². The van der Waals surface area contributed by atoms with Gasteiger partial charge in [0.15, 0.2) is 0 Å². The van der Waals surface area contributed by atoms with Crippen molar-refractivity contribution in [2.75, 3.05) is 26.0 Å². The lowest BCUT2D eigenvalue weighted by Gasteiger charge is -2.25. The van der Waals surface area contributed by atoms with Crippen molar-refractivity contribution in [2.45, 2.75) is 46.6 Å². The summed E-state index contributed by atoms with van der Waals surface area (Å²) in [7, 11) is 4.26. The van der Waals surface area contributed by atoms with Gasteiger partial charge in [0.25, 0.3) is 0 Å². The van der Waals surface area contributed by atoms with Crippen molar-refractivity contribution in [1.29, 1.82) is 0 Å². The summed E-state index contributed by atoms with van der Waals surface area (Å²) in [5.41, 5.74) is 2.21. The lowest BCUT2D eigenvalue weighted by molar-refractivity contribution is 0.288. The molecule has 1 aromatic rings. The van der Waals surface area contributed by atoms with Gasteiger partial charge >= 0.3 is 0 Å². The SMILES string of the molecule is CCCC(CNc1nc(C)nc(C)c1C)N(C)C. The number of hydrogen-bond donors (Lipinski definition) is 1. The van der Waals surface area contributed by atoms with E-state index in [4.69, 9.17) is 0 Å². The van der Waals surface area contributed by atoms with Gasteiger partial charge in [0.2, 0.25) is 0 Å². The summed E-state index contributed by atoms with van der Waals surface area (Å²) < 4.78 is 0. The molecular formula is C14H26N4. The number of aryl methyl sites for hydroxylation is 2. The number of anilines is 1. The van der Waals surface area contributed by atoms with E-state index in [0.29, 0.717) is 6.04 Å². The van der Waals surface area contributed by atoms with Gasteiger partial charge in [-0.1, -0.05) is 13.3 Å². The van der Waals surface area contributed by atoms with Crippen LogP contribution < -0.4 is 5.32 Å². The lowest BCUT2D eigenvalue weighted by Crippen LogP contribution is -2.34. The van der Waals surface area contributed by atoms with Gasteiger partial charge in [-0.05, 0) is 41.3 Å². The van der Waals surface area contributed by atoms with Gasteiger partial charge in [0.1, 0.15) is 11.6 Å². The standard InChI is InChI=1S/C14H26N4/c1-7-8-13(18(5)6)9-15-14-10(2)11(3)16-12(4)17-14/h13H,7-9H2,1-6H3,(H,15,16,17). The minimum atomic E-state index is 0.546. The molecule has 0 radical (unpaired) electrons. The molecule has 0 aliphatic heterocycles. The van der Waals surface area contributed by atoms with Crippen LogP contribution in [0.3, 0.4) is 0 Å². The van der Waals surface area contributed by atoms with E-state index in [1.807, 2.05) is 13.8 Å². The first-order valence-electron chi connectivity index (χ1n) is 6.67. The molecule has 4 heteroatoms. The van der Waals surface area contributed by atoms with Gasteiger partial charge in [-0.15, -0.1) is 0 Å². The van der Waals surface area contributed by atoms with E-state index in [-0.39, 0.29) is 0 Å². The van der Waals surface area contributed by atoms with E-state index >= 15 is 0 Å². The van der Waals surface area contributed by atoms with Crippen molar-refractivity contribution in [3.63, 3.8) is 0 Å². The molecule has 0 bridgehead atoms. The first-order chi connectivity index (χ1) is 8.45. The Kier molecular flexibility index (Phi) is 5.54. The first kappa shape index (κ1) is 14.9. The molecule has 0 fully saturated rings. The van der Waals surface area contributed by atoms with Crippen LogP contribution >= 0.6 is 0 Å². The van der Waals surface area contributed by atoms with Crippen LogP contribution in [0.25, 0.3) is 0 Å². The molecule has 4 nitrogen and oxygen atoms in total. The molecule has 102 valence electrons. The molecule has 0 aliphatic carbocycles. The van der Waals surface area contributed by atoms with Gasteiger partial charge in [0, 0.05) is 23.8 Å². The van der Waals surface area contributed by atoms with Crippen LogP contribution in [0.5, 0.6) is 0 Å². The maximum atomic E-state index is 4.48. The summed E-state index contributed by atoms with van der Waals surface area (Å²) in [5.74, 6) is 1.81. The fourth-order valence-corrected chi connectivity index (χ4v) is 2.03. The third-order valence-electron chi connectivity index (χ3n) is 3.36. The Labute approximate surface area is 111 Å². The topological polar surface area (TPSA) is 41.1 Å². The Balaban J connectivity index is 2.73. The van der Waals surface area contributed by atoms with E-state index < -0.39 is 0 Å². The van der Waals surface area contributed by atoms with E-state index in [1.54, 1.807) is 0 Å². The number of hydrogen-bond acceptors (Lipinski definition) is 4. The highest BCUT2D eigenvalue weighted by atomic mass is 15.1. The lowest BCUT2D eigenvalue weighted by atomic mass is 10.1. The first-order valence-corrected chi connectivity index (χ1v) is 6.67. The zero-order valence-corrected chi connectivity index (χ0v) is 12.5. The Morgan fingerprint density at radius 1 is 1.17 bits per heavy atom. The average molecular weight is 250 g/mol. The van der Waals surface area contributed by atoms with Crippen molar-refractivity contribution < 1.29 is 0 Å². The van der Waals surface area contributed by atoms with Crippen molar-refractivity contribution in [1.82, 2.24) is 14.9 Å². The van der Waals surface area contributed by atoms with Gasteiger partial charge in [-0.2, -0.15) is 0 Å². The number of aromatic nitrogens is 2. The van der Waals surface area contributed by atoms with Gasteiger partial charge in [-0.25, -0.2) is 9.97 Å². The minimum Gasteiger partial charge on any atom is -0.368 e. The molecule has 0 aromatic carbocycles. The van der Waals surface area contributed by atoms with Crippen LogP contribution in [0.1, 0.15) is 36.8 Å². The van der Waals surface area contributed by atoms with Crippen LogP contribution in [0, 0.1) is 20.8 Å². The Morgan fingerprint density at radius 2 is 1.83 bits per heavy atom. The summed E-state index contributed by atoms with van der Waals surface area (Å²) >= 11 is 0. The number of nitrogens with zero attached hydrogens (tertiary/aromatic N) is 3. The predicted octanol–water partition coefficient (Wildman–Crippen LogP) is 2.54. The largest absolute Gasteiger partial charge is 0.368 e. The molecule has 1 atom stereocenters. The van der Waals surface area contributed by atoms with E-state index in [0.717, 1.165) is 29.4 Å². The average Bonchev–Trinajstić information content (AvgIpc) is 2.29. The molecule has 1 rings (SSSR count). The highest BCUT2D eigenvalue weighted by Crippen LogP contribution is 2.15. The normalized spacial score (nSPS) is 12.8. The fourth-order valence-electron chi connectivity index (χ4n) is 2.03. The predicted molar refractivity (Wildman–Crippen MR) is 77.1 cm³/mol. The molecule has 0 amide bonds. The maximum absolute atomic E-state index is 4.48. The van der Waals surface area contributed by atoms with Gasteiger partial charge in [-0.3, -0.25) is 0 Å². The van der Waals surface area contributed by atoms with Gasteiger partial charge in [0.05, 0.1) is 0 Å². The maximum Gasteiger partial charge on any atom is 0.132 e. The molecule has 0 saturated carbocycles.